The number of aliphatic imine (C=N–C) groups is 1. The summed E-state index contributed by atoms with van der Waals surface area (Å²) in [7, 11) is 0. The van der Waals surface area contributed by atoms with Gasteiger partial charge in [0.1, 0.15) is 17.3 Å². The molecule has 0 radical (unpaired) electrons. The van der Waals surface area contributed by atoms with Gasteiger partial charge < -0.3 is 14.5 Å². The van der Waals surface area contributed by atoms with Crippen molar-refractivity contribution in [2.75, 3.05) is 26.2 Å². The summed E-state index contributed by atoms with van der Waals surface area (Å²) in [6.45, 7) is 5.15. The SMILES string of the molecule is Cc1ccc2c(c1)Oc1ccccc1C(N1CCCN(C(=O)Cc3cccs3)CC1)=N2. The minimum Gasteiger partial charge on any atom is -0.454 e. The van der Waals surface area contributed by atoms with Gasteiger partial charge in [0.05, 0.1) is 12.0 Å². The number of aryl methyl sites for hydroxylation is 1. The molecule has 1 saturated heterocycles. The average molecular weight is 432 g/mol. The highest BCUT2D eigenvalue weighted by molar-refractivity contribution is 7.10. The van der Waals surface area contributed by atoms with Crippen molar-refractivity contribution in [1.29, 1.82) is 0 Å². The van der Waals surface area contributed by atoms with Gasteiger partial charge in [-0.2, -0.15) is 0 Å². The van der Waals surface area contributed by atoms with Crippen LogP contribution in [0.1, 0.15) is 22.4 Å². The summed E-state index contributed by atoms with van der Waals surface area (Å²) in [5.74, 6) is 2.73. The lowest BCUT2D eigenvalue weighted by atomic mass is 10.1. The van der Waals surface area contributed by atoms with Crippen LogP contribution in [0.5, 0.6) is 11.5 Å². The lowest BCUT2D eigenvalue weighted by Gasteiger charge is -2.25. The fraction of sp³-hybridized carbons (Fsp3) is 0.280. The maximum absolute atomic E-state index is 12.8. The van der Waals surface area contributed by atoms with Gasteiger partial charge in [0.15, 0.2) is 5.75 Å². The molecule has 2 aliphatic rings. The van der Waals surface area contributed by atoms with Gasteiger partial charge in [0.2, 0.25) is 5.91 Å². The second-order valence-corrected chi connectivity index (χ2v) is 9.01. The Balaban J connectivity index is 1.41. The van der Waals surface area contributed by atoms with Crippen LogP contribution >= 0.6 is 11.3 Å². The molecule has 158 valence electrons. The van der Waals surface area contributed by atoms with Gasteiger partial charge in [0.25, 0.3) is 0 Å². The first kappa shape index (κ1) is 19.8. The molecule has 0 saturated carbocycles. The molecule has 0 N–H and O–H groups in total. The molecule has 0 spiro atoms. The minimum absolute atomic E-state index is 0.205. The van der Waals surface area contributed by atoms with E-state index in [9.17, 15) is 4.79 Å². The second kappa shape index (κ2) is 8.55. The largest absolute Gasteiger partial charge is 0.454 e. The number of rotatable bonds is 2. The number of carbonyl (C=O) groups excluding carboxylic acids is 1. The molecule has 6 heteroatoms. The smallest absolute Gasteiger partial charge is 0.227 e. The van der Waals surface area contributed by atoms with E-state index in [-0.39, 0.29) is 5.91 Å². The molecular formula is C25H25N3O2S. The first-order valence-electron chi connectivity index (χ1n) is 10.7. The van der Waals surface area contributed by atoms with Crippen LogP contribution in [0, 0.1) is 6.92 Å². The minimum atomic E-state index is 0.205. The lowest BCUT2D eigenvalue weighted by molar-refractivity contribution is -0.130. The summed E-state index contributed by atoms with van der Waals surface area (Å²) in [4.78, 5) is 23.3. The zero-order valence-corrected chi connectivity index (χ0v) is 18.4. The topological polar surface area (TPSA) is 45.1 Å². The van der Waals surface area contributed by atoms with Crippen molar-refractivity contribution in [3.05, 3.63) is 76.0 Å². The van der Waals surface area contributed by atoms with Crippen LogP contribution in [-0.2, 0) is 11.2 Å². The third-order valence-electron chi connectivity index (χ3n) is 5.74. The zero-order chi connectivity index (χ0) is 21.2. The van der Waals surface area contributed by atoms with Gasteiger partial charge in [0, 0.05) is 31.1 Å². The van der Waals surface area contributed by atoms with E-state index in [0.717, 1.165) is 65.1 Å². The van der Waals surface area contributed by atoms with Crippen LogP contribution in [0.3, 0.4) is 0 Å². The first-order valence-corrected chi connectivity index (χ1v) is 11.6. The lowest BCUT2D eigenvalue weighted by Crippen LogP contribution is -2.38. The van der Waals surface area contributed by atoms with Crippen LogP contribution in [0.2, 0.25) is 0 Å². The number of fused-ring (bicyclic) bond motifs is 2. The molecule has 1 amide bonds. The number of para-hydroxylation sites is 1. The average Bonchev–Trinajstić information content (AvgIpc) is 3.07. The summed E-state index contributed by atoms with van der Waals surface area (Å²) in [6, 6.07) is 18.2. The van der Waals surface area contributed by atoms with Gasteiger partial charge in [-0.05, 0) is 54.6 Å². The summed E-state index contributed by atoms with van der Waals surface area (Å²) < 4.78 is 6.25. The number of nitrogens with zero attached hydrogens (tertiary/aromatic N) is 3. The molecular weight excluding hydrogens is 406 g/mol. The van der Waals surface area contributed by atoms with Crippen LogP contribution in [0.25, 0.3) is 0 Å². The molecule has 1 fully saturated rings. The maximum atomic E-state index is 12.8. The van der Waals surface area contributed by atoms with Crippen molar-refractivity contribution in [3.8, 4) is 11.5 Å². The molecule has 3 aromatic rings. The summed E-state index contributed by atoms with van der Waals surface area (Å²) in [6.07, 6.45) is 1.40. The molecule has 0 aliphatic carbocycles. The van der Waals surface area contributed by atoms with Gasteiger partial charge in [-0.15, -0.1) is 11.3 Å². The Labute approximate surface area is 186 Å². The number of amidine groups is 1. The van der Waals surface area contributed by atoms with Crippen LogP contribution in [0.15, 0.2) is 65.0 Å². The Morgan fingerprint density at radius 1 is 1.03 bits per heavy atom. The number of carbonyl (C=O) groups is 1. The van der Waals surface area contributed by atoms with E-state index >= 15 is 0 Å². The van der Waals surface area contributed by atoms with Crippen LogP contribution in [-0.4, -0.2) is 47.7 Å². The normalized spacial score (nSPS) is 15.8. The maximum Gasteiger partial charge on any atom is 0.227 e. The number of amides is 1. The highest BCUT2D eigenvalue weighted by atomic mass is 32.1. The van der Waals surface area contributed by atoms with Crippen molar-refractivity contribution in [2.24, 2.45) is 4.99 Å². The van der Waals surface area contributed by atoms with Crippen molar-refractivity contribution < 1.29 is 9.53 Å². The Bertz CT molecular complexity index is 1120. The highest BCUT2D eigenvalue weighted by Crippen LogP contribution is 2.38. The van der Waals surface area contributed by atoms with Crippen molar-refractivity contribution >= 4 is 28.8 Å². The van der Waals surface area contributed by atoms with E-state index in [4.69, 9.17) is 9.73 Å². The Kier molecular flexibility index (Phi) is 5.47. The van der Waals surface area contributed by atoms with Gasteiger partial charge >= 0.3 is 0 Å². The fourth-order valence-corrected chi connectivity index (χ4v) is 4.82. The molecule has 0 atom stereocenters. The molecule has 0 unspecified atom stereocenters. The van der Waals surface area contributed by atoms with Crippen LogP contribution in [0.4, 0.5) is 5.69 Å². The molecule has 31 heavy (non-hydrogen) atoms. The van der Waals surface area contributed by atoms with E-state index in [2.05, 4.69) is 24.0 Å². The number of thiophene rings is 1. The molecule has 2 aromatic carbocycles. The fourth-order valence-electron chi connectivity index (χ4n) is 4.12. The standard InChI is InChI=1S/C25H25N3O2S/c1-18-9-10-21-23(16-18)30-22-8-3-2-7-20(22)25(26-21)28-12-5-11-27(13-14-28)24(29)17-19-6-4-15-31-19/h2-4,6-10,15-16H,5,11-14,17H2,1H3. The molecule has 0 bridgehead atoms. The van der Waals surface area contributed by atoms with E-state index < -0.39 is 0 Å². The van der Waals surface area contributed by atoms with Crippen molar-refractivity contribution in [1.82, 2.24) is 9.80 Å². The summed E-state index contributed by atoms with van der Waals surface area (Å²) >= 11 is 1.64. The molecule has 5 nitrogen and oxygen atoms in total. The number of ether oxygens (including phenoxy) is 1. The molecule has 3 heterocycles. The van der Waals surface area contributed by atoms with Crippen molar-refractivity contribution in [3.63, 3.8) is 0 Å². The first-order chi connectivity index (χ1) is 15.2. The summed E-state index contributed by atoms with van der Waals surface area (Å²) in [5, 5.41) is 2.02. The summed E-state index contributed by atoms with van der Waals surface area (Å²) in [5.41, 5.74) is 2.98. The predicted molar refractivity (Wildman–Crippen MR) is 125 cm³/mol. The Morgan fingerprint density at radius 2 is 1.94 bits per heavy atom. The molecule has 2 aliphatic heterocycles. The van der Waals surface area contributed by atoms with Gasteiger partial charge in [-0.3, -0.25) is 4.79 Å². The van der Waals surface area contributed by atoms with Gasteiger partial charge in [-0.25, -0.2) is 4.99 Å². The van der Waals surface area contributed by atoms with E-state index in [1.807, 2.05) is 52.7 Å². The van der Waals surface area contributed by atoms with E-state index in [0.29, 0.717) is 13.0 Å². The van der Waals surface area contributed by atoms with Crippen molar-refractivity contribution in [2.45, 2.75) is 19.8 Å². The number of hydrogen-bond acceptors (Lipinski definition) is 5. The number of benzene rings is 2. The predicted octanol–water partition coefficient (Wildman–Crippen LogP) is 5.02. The Morgan fingerprint density at radius 3 is 2.81 bits per heavy atom. The third-order valence-corrected chi connectivity index (χ3v) is 6.62. The number of hydrogen-bond donors (Lipinski definition) is 0. The van der Waals surface area contributed by atoms with E-state index in [1.54, 1.807) is 11.3 Å². The van der Waals surface area contributed by atoms with Gasteiger partial charge in [-0.1, -0.05) is 24.3 Å². The molecule has 1 aromatic heterocycles. The quantitative estimate of drug-likeness (QED) is 0.572. The second-order valence-electron chi connectivity index (χ2n) is 7.98. The molecule has 5 rings (SSSR count). The zero-order valence-electron chi connectivity index (χ0n) is 17.6. The monoisotopic (exact) mass is 431 g/mol. The van der Waals surface area contributed by atoms with Crippen LogP contribution < -0.4 is 4.74 Å². The third kappa shape index (κ3) is 4.21. The van der Waals surface area contributed by atoms with E-state index in [1.165, 1.54) is 0 Å². The Hall–Kier alpha value is -3.12. The highest BCUT2D eigenvalue weighted by Gasteiger charge is 2.26.